The lowest BCUT2D eigenvalue weighted by Crippen LogP contribution is -1.92. The Balaban J connectivity index is 2.52. The van der Waals surface area contributed by atoms with Crippen molar-refractivity contribution in [1.29, 1.82) is 5.26 Å². The number of aryl methyl sites for hydroxylation is 1. The molecule has 4 heteroatoms. The van der Waals surface area contributed by atoms with Gasteiger partial charge in [0.1, 0.15) is 11.5 Å². The summed E-state index contributed by atoms with van der Waals surface area (Å²) in [7, 11) is 3.19. The molecule has 0 amide bonds. The van der Waals surface area contributed by atoms with Crippen molar-refractivity contribution >= 4 is 27.6 Å². The molecule has 0 aromatic heterocycles. The van der Waals surface area contributed by atoms with Crippen LogP contribution in [0.4, 0.5) is 0 Å². The first kappa shape index (κ1) is 16.1. The largest absolute Gasteiger partial charge is 0.496 e. The molecule has 0 saturated carbocycles. The van der Waals surface area contributed by atoms with Crippen molar-refractivity contribution in [2.75, 3.05) is 14.2 Å². The Kier molecular flexibility index (Phi) is 5.24. The van der Waals surface area contributed by atoms with Gasteiger partial charge in [0, 0.05) is 11.6 Å². The van der Waals surface area contributed by atoms with E-state index in [0.717, 1.165) is 21.2 Å². The topological polar surface area (TPSA) is 42.2 Å². The molecule has 0 atom stereocenters. The van der Waals surface area contributed by atoms with Gasteiger partial charge in [-0.25, -0.2) is 0 Å². The Hall–Kier alpha value is -2.25. The first-order chi connectivity index (χ1) is 10.6. The fraction of sp³-hybridized carbons (Fsp3) is 0.167. The molecule has 2 aromatic rings. The average Bonchev–Trinajstić information content (AvgIpc) is 2.53. The Labute approximate surface area is 138 Å². The molecular formula is C18H16BrNO2. The zero-order valence-corrected chi connectivity index (χ0v) is 14.3. The summed E-state index contributed by atoms with van der Waals surface area (Å²) in [5.74, 6) is 1.34. The number of hydrogen-bond donors (Lipinski definition) is 0. The monoisotopic (exact) mass is 357 g/mol. The molecule has 0 fully saturated rings. The second kappa shape index (κ2) is 7.15. The minimum atomic E-state index is 0.579. The number of nitriles is 1. The van der Waals surface area contributed by atoms with Gasteiger partial charge in [-0.05, 0) is 40.6 Å². The summed E-state index contributed by atoms with van der Waals surface area (Å²) in [4.78, 5) is 0. The summed E-state index contributed by atoms with van der Waals surface area (Å²) < 4.78 is 11.5. The standard InChI is InChI=1S/C18H16BrNO2/c1-12-4-6-13(7-5-12)15(11-20)8-14-9-16(19)18(22-3)10-17(14)21-2/h4-10H,1-3H3/b15-8-. The molecule has 112 valence electrons. The van der Waals surface area contributed by atoms with Crippen LogP contribution in [-0.4, -0.2) is 14.2 Å². The number of allylic oxidation sites excluding steroid dienone is 1. The van der Waals surface area contributed by atoms with Crippen molar-refractivity contribution in [3.05, 3.63) is 57.6 Å². The van der Waals surface area contributed by atoms with Crippen LogP contribution < -0.4 is 9.47 Å². The second-order valence-corrected chi connectivity index (χ2v) is 5.62. The van der Waals surface area contributed by atoms with E-state index in [-0.39, 0.29) is 0 Å². The molecule has 0 radical (unpaired) electrons. The molecule has 0 aliphatic rings. The first-order valence-corrected chi connectivity index (χ1v) is 7.48. The van der Waals surface area contributed by atoms with Crippen molar-refractivity contribution < 1.29 is 9.47 Å². The number of benzene rings is 2. The van der Waals surface area contributed by atoms with Gasteiger partial charge in [0.05, 0.1) is 30.3 Å². The van der Waals surface area contributed by atoms with E-state index in [2.05, 4.69) is 22.0 Å². The molecule has 0 heterocycles. The number of hydrogen-bond acceptors (Lipinski definition) is 3. The van der Waals surface area contributed by atoms with Crippen LogP contribution in [-0.2, 0) is 0 Å². The lowest BCUT2D eigenvalue weighted by atomic mass is 10.0. The number of ether oxygens (including phenoxy) is 2. The molecule has 2 rings (SSSR count). The highest BCUT2D eigenvalue weighted by Gasteiger charge is 2.10. The van der Waals surface area contributed by atoms with Crippen LogP contribution >= 0.6 is 15.9 Å². The highest BCUT2D eigenvalue weighted by Crippen LogP contribution is 2.34. The molecule has 0 saturated heterocycles. The quantitative estimate of drug-likeness (QED) is 0.580. The highest BCUT2D eigenvalue weighted by atomic mass is 79.9. The van der Waals surface area contributed by atoms with Gasteiger partial charge >= 0.3 is 0 Å². The van der Waals surface area contributed by atoms with Crippen molar-refractivity contribution in [3.63, 3.8) is 0 Å². The molecule has 0 N–H and O–H groups in total. The molecule has 0 aliphatic heterocycles. The summed E-state index contributed by atoms with van der Waals surface area (Å²) in [5.41, 5.74) is 3.43. The molecule has 0 aliphatic carbocycles. The van der Waals surface area contributed by atoms with Crippen LogP contribution in [0.15, 0.2) is 40.9 Å². The maximum atomic E-state index is 9.45. The molecule has 3 nitrogen and oxygen atoms in total. The molecule has 0 bridgehead atoms. The maximum absolute atomic E-state index is 9.45. The van der Waals surface area contributed by atoms with Gasteiger partial charge in [-0.3, -0.25) is 0 Å². The maximum Gasteiger partial charge on any atom is 0.136 e. The van der Waals surface area contributed by atoms with E-state index in [1.54, 1.807) is 20.3 Å². The zero-order chi connectivity index (χ0) is 16.1. The van der Waals surface area contributed by atoms with Crippen molar-refractivity contribution in [1.82, 2.24) is 0 Å². The predicted octanol–water partition coefficient (Wildman–Crippen LogP) is 4.84. The first-order valence-electron chi connectivity index (χ1n) is 6.69. The number of halogens is 1. The summed E-state index contributed by atoms with van der Waals surface area (Å²) in [6.45, 7) is 2.02. The number of methoxy groups -OCH3 is 2. The number of nitrogens with zero attached hydrogens (tertiary/aromatic N) is 1. The third-order valence-electron chi connectivity index (χ3n) is 3.29. The van der Waals surface area contributed by atoms with Gasteiger partial charge in [0.15, 0.2) is 0 Å². The molecule has 2 aromatic carbocycles. The number of rotatable bonds is 4. The fourth-order valence-electron chi connectivity index (χ4n) is 2.06. The molecule has 0 unspecified atom stereocenters. The molecule has 0 spiro atoms. The van der Waals surface area contributed by atoms with Gasteiger partial charge in [-0.1, -0.05) is 29.8 Å². The highest BCUT2D eigenvalue weighted by molar-refractivity contribution is 9.10. The van der Waals surface area contributed by atoms with Gasteiger partial charge in [0.25, 0.3) is 0 Å². The Morgan fingerprint density at radius 3 is 2.27 bits per heavy atom. The summed E-state index contributed by atoms with van der Waals surface area (Å²) in [6.07, 6.45) is 1.81. The average molecular weight is 358 g/mol. The van der Waals surface area contributed by atoms with Crippen LogP contribution in [0.1, 0.15) is 16.7 Å². The predicted molar refractivity (Wildman–Crippen MR) is 91.9 cm³/mol. The normalized spacial score (nSPS) is 11.0. The van der Waals surface area contributed by atoms with Gasteiger partial charge in [-0.15, -0.1) is 0 Å². The Bertz CT molecular complexity index is 743. The summed E-state index contributed by atoms with van der Waals surface area (Å²) in [5, 5.41) is 9.45. The van der Waals surface area contributed by atoms with E-state index in [0.29, 0.717) is 17.1 Å². The van der Waals surface area contributed by atoms with Gasteiger partial charge < -0.3 is 9.47 Å². The van der Waals surface area contributed by atoms with E-state index < -0.39 is 0 Å². The van der Waals surface area contributed by atoms with Crippen LogP contribution in [0.2, 0.25) is 0 Å². The van der Waals surface area contributed by atoms with Crippen molar-refractivity contribution in [2.24, 2.45) is 0 Å². The summed E-state index contributed by atoms with van der Waals surface area (Å²) >= 11 is 3.46. The molecule has 22 heavy (non-hydrogen) atoms. The lowest BCUT2D eigenvalue weighted by molar-refractivity contribution is 0.392. The molecular weight excluding hydrogens is 342 g/mol. The van der Waals surface area contributed by atoms with E-state index >= 15 is 0 Å². The summed E-state index contributed by atoms with van der Waals surface area (Å²) in [6, 6.07) is 13.8. The van der Waals surface area contributed by atoms with E-state index in [1.807, 2.05) is 43.3 Å². The van der Waals surface area contributed by atoms with Gasteiger partial charge in [-0.2, -0.15) is 5.26 Å². The van der Waals surface area contributed by atoms with Crippen LogP contribution in [0.5, 0.6) is 11.5 Å². The van der Waals surface area contributed by atoms with Gasteiger partial charge in [0.2, 0.25) is 0 Å². The minimum Gasteiger partial charge on any atom is -0.496 e. The Morgan fingerprint density at radius 2 is 1.73 bits per heavy atom. The van der Waals surface area contributed by atoms with E-state index in [1.165, 1.54) is 0 Å². The van der Waals surface area contributed by atoms with Crippen LogP contribution in [0, 0.1) is 18.3 Å². The Morgan fingerprint density at radius 1 is 1.09 bits per heavy atom. The van der Waals surface area contributed by atoms with E-state index in [4.69, 9.17) is 9.47 Å². The van der Waals surface area contributed by atoms with Crippen molar-refractivity contribution in [3.8, 4) is 17.6 Å². The smallest absolute Gasteiger partial charge is 0.136 e. The lowest BCUT2D eigenvalue weighted by Gasteiger charge is -2.10. The van der Waals surface area contributed by atoms with Crippen molar-refractivity contribution in [2.45, 2.75) is 6.92 Å². The van der Waals surface area contributed by atoms with Crippen LogP contribution in [0.3, 0.4) is 0 Å². The van der Waals surface area contributed by atoms with E-state index in [9.17, 15) is 5.26 Å². The fourth-order valence-corrected chi connectivity index (χ4v) is 2.59. The third-order valence-corrected chi connectivity index (χ3v) is 3.91. The second-order valence-electron chi connectivity index (χ2n) is 4.76. The zero-order valence-electron chi connectivity index (χ0n) is 12.7. The third kappa shape index (κ3) is 3.49. The van der Waals surface area contributed by atoms with Crippen LogP contribution in [0.25, 0.3) is 11.6 Å². The SMILES string of the molecule is COc1cc(OC)c(/C=C(/C#N)c2ccc(C)cc2)cc1Br. The minimum absolute atomic E-state index is 0.579.